The molecule has 2 rings (SSSR count). The summed E-state index contributed by atoms with van der Waals surface area (Å²) < 4.78 is 0. The molecule has 0 radical (unpaired) electrons. The smallest absolute Gasteiger partial charge is 0.110 e. The summed E-state index contributed by atoms with van der Waals surface area (Å²) in [5, 5.41) is 4.95. The lowest BCUT2D eigenvalue weighted by Crippen LogP contribution is -2.26. The maximum absolute atomic E-state index is 4.51. The predicted octanol–water partition coefficient (Wildman–Crippen LogP) is 3.15. The van der Waals surface area contributed by atoms with E-state index in [2.05, 4.69) is 31.1 Å². The van der Waals surface area contributed by atoms with Crippen LogP contribution in [0, 0.1) is 18.8 Å². The van der Waals surface area contributed by atoms with E-state index >= 15 is 0 Å². The molecule has 0 saturated heterocycles. The first kappa shape index (κ1) is 11.1. The van der Waals surface area contributed by atoms with Crippen LogP contribution in [-0.2, 0) is 0 Å². The van der Waals surface area contributed by atoms with Crippen LogP contribution in [-0.4, -0.2) is 11.5 Å². The highest BCUT2D eigenvalue weighted by molar-refractivity contribution is 7.11. The van der Waals surface area contributed by atoms with Crippen LogP contribution in [0.25, 0.3) is 0 Å². The molecule has 1 aromatic rings. The molecule has 0 aromatic carbocycles. The molecule has 0 aliphatic heterocycles. The maximum atomic E-state index is 4.51. The van der Waals surface area contributed by atoms with E-state index in [4.69, 9.17) is 0 Å². The zero-order valence-corrected chi connectivity index (χ0v) is 10.6. The summed E-state index contributed by atoms with van der Waals surface area (Å²) in [6.07, 6.45) is 4.73. The second kappa shape index (κ2) is 4.62. The van der Waals surface area contributed by atoms with Gasteiger partial charge in [0.1, 0.15) is 5.01 Å². The SMILES string of the molecule is Cc1cnc(C(NCC(C)C)C2CC2)s1. The lowest BCUT2D eigenvalue weighted by molar-refractivity contribution is 0.437. The minimum Gasteiger partial charge on any atom is -0.307 e. The molecule has 15 heavy (non-hydrogen) atoms. The first-order valence-electron chi connectivity index (χ1n) is 5.82. The highest BCUT2D eigenvalue weighted by Crippen LogP contribution is 2.41. The third-order valence-corrected chi connectivity index (χ3v) is 3.74. The molecule has 2 nitrogen and oxygen atoms in total. The minimum atomic E-state index is 0.520. The van der Waals surface area contributed by atoms with E-state index < -0.39 is 0 Å². The van der Waals surface area contributed by atoms with Crippen molar-refractivity contribution in [3.63, 3.8) is 0 Å². The molecule has 1 N–H and O–H groups in total. The van der Waals surface area contributed by atoms with Crippen LogP contribution in [0.5, 0.6) is 0 Å². The molecule has 1 aliphatic carbocycles. The van der Waals surface area contributed by atoms with Crippen molar-refractivity contribution in [1.82, 2.24) is 10.3 Å². The summed E-state index contributed by atoms with van der Waals surface area (Å²) in [6, 6.07) is 0.520. The van der Waals surface area contributed by atoms with E-state index in [-0.39, 0.29) is 0 Å². The number of hydrogen-bond acceptors (Lipinski definition) is 3. The molecular weight excluding hydrogens is 204 g/mol. The first-order valence-corrected chi connectivity index (χ1v) is 6.64. The molecule has 1 atom stereocenters. The molecule has 0 bridgehead atoms. The Kier molecular flexibility index (Phi) is 3.42. The highest BCUT2D eigenvalue weighted by atomic mass is 32.1. The number of nitrogens with one attached hydrogen (secondary N) is 1. The maximum Gasteiger partial charge on any atom is 0.110 e. The molecular formula is C12H20N2S. The van der Waals surface area contributed by atoms with Crippen LogP contribution in [0.4, 0.5) is 0 Å². The van der Waals surface area contributed by atoms with Gasteiger partial charge in [0.15, 0.2) is 0 Å². The van der Waals surface area contributed by atoms with Crippen molar-refractivity contribution >= 4 is 11.3 Å². The first-order chi connectivity index (χ1) is 7.16. The number of nitrogens with zero attached hydrogens (tertiary/aromatic N) is 1. The Balaban J connectivity index is 1.99. The van der Waals surface area contributed by atoms with Crippen molar-refractivity contribution in [1.29, 1.82) is 0 Å². The molecule has 1 unspecified atom stereocenters. The van der Waals surface area contributed by atoms with Gasteiger partial charge in [-0.3, -0.25) is 0 Å². The van der Waals surface area contributed by atoms with Crippen LogP contribution < -0.4 is 5.32 Å². The Bertz CT molecular complexity index is 315. The van der Waals surface area contributed by atoms with Gasteiger partial charge < -0.3 is 5.32 Å². The molecule has 1 heterocycles. The fourth-order valence-corrected chi connectivity index (χ4v) is 2.71. The average molecular weight is 224 g/mol. The fraction of sp³-hybridized carbons (Fsp3) is 0.750. The summed E-state index contributed by atoms with van der Waals surface area (Å²) in [5.41, 5.74) is 0. The Morgan fingerprint density at radius 1 is 1.53 bits per heavy atom. The van der Waals surface area contributed by atoms with Gasteiger partial charge in [-0.2, -0.15) is 0 Å². The number of hydrogen-bond donors (Lipinski definition) is 1. The van der Waals surface area contributed by atoms with E-state index in [1.54, 1.807) is 0 Å². The summed E-state index contributed by atoms with van der Waals surface area (Å²) in [4.78, 5) is 5.83. The van der Waals surface area contributed by atoms with Gasteiger partial charge in [0.2, 0.25) is 0 Å². The zero-order chi connectivity index (χ0) is 10.8. The van der Waals surface area contributed by atoms with Gasteiger partial charge >= 0.3 is 0 Å². The number of aryl methyl sites for hydroxylation is 1. The molecule has 3 heteroatoms. The second-order valence-electron chi connectivity index (χ2n) is 4.93. The average Bonchev–Trinajstić information content (AvgIpc) is 2.90. The lowest BCUT2D eigenvalue weighted by atomic mass is 10.1. The predicted molar refractivity (Wildman–Crippen MR) is 65.2 cm³/mol. The molecule has 1 saturated carbocycles. The van der Waals surface area contributed by atoms with Gasteiger partial charge in [-0.25, -0.2) is 4.98 Å². The van der Waals surface area contributed by atoms with Crippen molar-refractivity contribution in [3.8, 4) is 0 Å². The van der Waals surface area contributed by atoms with Gasteiger partial charge in [0.25, 0.3) is 0 Å². The number of aromatic nitrogens is 1. The van der Waals surface area contributed by atoms with E-state index in [9.17, 15) is 0 Å². The largest absolute Gasteiger partial charge is 0.307 e. The van der Waals surface area contributed by atoms with Crippen molar-refractivity contribution in [2.45, 2.75) is 39.7 Å². The van der Waals surface area contributed by atoms with Crippen molar-refractivity contribution < 1.29 is 0 Å². The normalized spacial score (nSPS) is 18.4. The molecule has 84 valence electrons. The standard InChI is InChI=1S/C12H20N2S/c1-8(2)6-13-11(10-4-5-10)12-14-7-9(3)15-12/h7-8,10-11,13H,4-6H2,1-3H3. The van der Waals surface area contributed by atoms with Gasteiger partial charge in [0.05, 0.1) is 6.04 Å². The molecule has 1 fully saturated rings. The van der Waals surface area contributed by atoms with E-state index in [1.165, 1.54) is 22.7 Å². The zero-order valence-electron chi connectivity index (χ0n) is 9.79. The summed E-state index contributed by atoms with van der Waals surface area (Å²) >= 11 is 1.84. The lowest BCUT2D eigenvalue weighted by Gasteiger charge is -2.17. The van der Waals surface area contributed by atoms with Gasteiger partial charge in [-0.05, 0) is 38.1 Å². The molecule has 1 aliphatic rings. The van der Waals surface area contributed by atoms with Crippen molar-refractivity contribution in [3.05, 3.63) is 16.1 Å². The summed E-state index contributed by atoms with van der Waals surface area (Å²) in [5.74, 6) is 1.56. The number of thiazole rings is 1. The monoisotopic (exact) mass is 224 g/mol. The molecule has 0 amide bonds. The summed E-state index contributed by atoms with van der Waals surface area (Å²) in [6.45, 7) is 7.74. The Morgan fingerprint density at radius 3 is 2.73 bits per heavy atom. The highest BCUT2D eigenvalue weighted by Gasteiger charge is 2.33. The van der Waals surface area contributed by atoms with Crippen LogP contribution in [0.3, 0.4) is 0 Å². The van der Waals surface area contributed by atoms with Crippen molar-refractivity contribution in [2.75, 3.05) is 6.54 Å². The van der Waals surface area contributed by atoms with Crippen LogP contribution >= 0.6 is 11.3 Å². The van der Waals surface area contributed by atoms with Crippen LogP contribution in [0.1, 0.15) is 42.6 Å². The topological polar surface area (TPSA) is 24.9 Å². The van der Waals surface area contributed by atoms with Gasteiger partial charge in [0, 0.05) is 11.1 Å². The van der Waals surface area contributed by atoms with Crippen molar-refractivity contribution in [2.24, 2.45) is 11.8 Å². The quantitative estimate of drug-likeness (QED) is 0.831. The fourth-order valence-electron chi connectivity index (χ4n) is 1.76. The molecule has 0 spiro atoms. The van der Waals surface area contributed by atoms with E-state index in [0.717, 1.165) is 12.5 Å². The summed E-state index contributed by atoms with van der Waals surface area (Å²) in [7, 11) is 0. The van der Waals surface area contributed by atoms with Gasteiger partial charge in [-0.15, -0.1) is 11.3 Å². The number of rotatable bonds is 5. The molecule has 1 aromatic heterocycles. The Morgan fingerprint density at radius 2 is 2.27 bits per heavy atom. The third-order valence-electron chi connectivity index (χ3n) is 2.74. The van der Waals surface area contributed by atoms with Crippen LogP contribution in [0.15, 0.2) is 6.20 Å². The second-order valence-corrected chi connectivity index (χ2v) is 6.19. The third kappa shape index (κ3) is 3.02. The Hall–Kier alpha value is -0.410. The minimum absolute atomic E-state index is 0.520. The van der Waals surface area contributed by atoms with E-state index in [0.29, 0.717) is 12.0 Å². The van der Waals surface area contributed by atoms with E-state index in [1.807, 2.05) is 17.5 Å². The van der Waals surface area contributed by atoms with Crippen LogP contribution in [0.2, 0.25) is 0 Å². The Labute approximate surface area is 96.1 Å². The van der Waals surface area contributed by atoms with Gasteiger partial charge in [-0.1, -0.05) is 13.8 Å².